The molecule has 7 nitrogen and oxygen atoms in total. The maximum absolute atomic E-state index is 11.3. The van der Waals surface area contributed by atoms with E-state index in [2.05, 4.69) is 27.1 Å². The fraction of sp³-hybridized carbons (Fsp3) is 0.667. The normalized spacial score (nSPS) is 19.3. The molecule has 1 aliphatic rings. The van der Waals surface area contributed by atoms with Crippen LogP contribution in [-0.4, -0.2) is 34.5 Å². The number of anilines is 2. The maximum atomic E-state index is 11.3. The Bertz CT molecular complexity index is 465. The van der Waals surface area contributed by atoms with Crippen LogP contribution >= 0.6 is 0 Å². The summed E-state index contributed by atoms with van der Waals surface area (Å²) in [5, 5.41) is 14.1. The Labute approximate surface area is 112 Å². The lowest BCUT2D eigenvalue weighted by Gasteiger charge is -2.35. The summed E-state index contributed by atoms with van der Waals surface area (Å²) in [7, 11) is 1.63. The Balaban J connectivity index is 2.45. The van der Waals surface area contributed by atoms with Gasteiger partial charge in [0.25, 0.3) is 0 Å². The van der Waals surface area contributed by atoms with Gasteiger partial charge in [0.15, 0.2) is 0 Å². The standard InChI is InChI=1S/C12H19N5O2/c1-3-9-6-4-5-7-16(9)12-10(17(18)19)11(13-2)14-8-15-12/h8-9H,3-7H2,1-2H3,(H,13,14,15). The summed E-state index contributed by atoms with van der Waals surface area (Å²) < 4.78 is 0. The number of rotatable bonds is 4. The zero-order chi connectivity index (χ0) is 13.8. The molecule has 19 heavy (non-hydrogen) atoms. The van der Waals surface area contributed by atoms with Crippen molar-refractivity contribution >= 4 is 17.3 Å². The van der Waals surface area contributed by atoms with Gasteiger partial charge in [-0.25, -0.2) is 9.97 Å². The molecule has 1 aliphatic heterocycles. The molecule has 1 atom stereocenters. The van der Waals surface area contributed by atoms with E-state index >= 15 is 0 Å². The third-order valence-electron chi connectivity index (χ3n) is 3.59. The smallest absolute Gasteiger partial charge is 0.353 e. The van der Waals surface area contributed by atoms with Crippen LogP contribution < -0.4 is 10.2 Å². The third-order valence-corrected chi connectivity index (χ3v) is 3.59. The van der Waals surface area contributed by atoms with Gasteiger partial charge in [0.2, 0.25) is 11.6 Å². The number of hydrogen-bond acceptors (Lipinski definition) is 6. The fourth-order valence-electron chi connectivity index (χ4n) is 2.63. The molecule has 1 aromatic heterocycles. The van der Waals surface area contributed by atoms with Gasteiger partial charge < -0.3 is 10.2 Å². The van der Waals surface area contributed by atoms with Gasteiger partial charge >= 0.3 is 5.69 Å². The van der Waals surface area contributed by atoms with E-state index in [4.69, 9.17) is 0 Å². The van der Waals surface area contributed by atoms with Gasteiger partial charge in [-0.2, -0.15) is 0 Å². The van der Waals surface area contributed by atoms with Gasteiger partial charge in [0, 0.05) is 19.6 Å². The first-order chi connectivity index (χ1) is 9.19. The minimum Gasteiger partial charge on any atom is -0.367 e. The summed E-state index contributed by atoms with van der Waals surface area (Å²) >= 11 is 0. The van der Waals surface area contributed by atoms with Gasteiger partial charge in [-0.1, -0.05) is 6.92 Å². The van der Waals surface area contributed by atoms with E-state index in [0.717, 1.165) is 25.8 Å². The second kappa shape index (κ2) is 5.81. The Morgan fingerprint density at radius 3 is 2.95 bits per heavy atom. The highest BCUT2D eigenvalue weighted by Crippen LogP contribution is 2.35. The summed E-state index contributed by atoms with van der Waals surface area (Å²) in [6.07, 6.45) is 5.64. The van der Waals surface area contributed by atoms with Crippen molar-refractivity contribution < 1.29 is 4.92 Å². The Kier molecular flexibility index (Phi) is 4.13. The van der Waals surface area contributed by atoms with Crippen LogP contribution in [0.2, 0.25) is 0 Å². The van der Waals surface area contributed by atoms with Crippen LogP contribution in [0.1, 0.15) is 32.6 Å². The van der Waals surface area contributed by atoms with E-state index in [0.29, 0.717) is 11.9 Å². The largest absolute Gasteiger partial charge is 0.367 e. The van der Waals surface area contributed by atoms with Gasteiger partial charge in [-0.3, -0.25) is 10.1 Å². The highest BCUT2D eigenvalue weighted by atomic mass is 16.6. The van der Waals surface area contributed by atoms with Crippen LogP contribution in [0.3, 0.4) is 0 Å². The summed E-state index contributed by atoms with van der Waals surface area (Å²) in [5.41, 5.74) is -0.0228. The molecule has 2 rings (SSSR count). The fourth-order valence-corrected chi connectivity index (χ4v) is 2.63. The molecule has 0 aromatic carbocycles. The molecule has 2 heterocycles. The molecule has 0 aliphatic carbocycles. The molecule has 1 N–H and O–H groups in total. The molecule has 104 valence electrons. The number of aromatic nitrogens is 2. The van der Waals surface area contributed by atoms with Gasteiger partial charge in [0.1, 0.15) is 6.33 Å². The molecule has 1 fully saturated rings. The third kappa shape index (κ3) is 2.59. The second-order valence-electron chi connectivity index (χ2n) is 4.65. The van der Waals surface area contributed by atoms with Gasteiger partial charge in [-0.15, -0.1) is 0 Å². The lowest BCUT2D eigenvalue weighted by molar-refractivity contribution is -0.383. The van der Waals surface area contributed by atoms with Crippen LogP contribution in [0, 0.1) is 10.1 Å². The number of nitro groups is 1. The summed E-state index contributed by atoms with van der Waals surface area (Å²) in [4.78, 5) is 21.1. The lowest BCUT2D eigenvalue weighted by Crippen LogP contribution is -2.40. The predicted molar refractivity (Wildman–Crippen MR) is 73.5 cm³/mol. The first-order valence-corrected chi connectivity index (χ1v) is 6.62. The Hall–Kier alpha value is -1.92. The molecular formula is C12H19N5O2. The zero-order valence-corrected chi connectivity index (χ0v) is 11.3. The lowest BCUT2D eigenvalue weighted by atomic mass is 10.00. The minimum atomic E-state index is -0.400. The first kappa shape index (κ1) is 13.5. The molecule has 0 amide bonds. The van der Waals surface area contributed by atoms with E-state index in [9.17, 15) is 10.1 Å². The van der Waals surface area contributed by atoms with Crippen LogP contribution in [0.25, 0.3) is 0 Å². The number of nitrogens with zero attached hydrogens (tertiary/aromatic N) is 4. The van der Waals surface area contributed by atoms with Crippen LogP contribution in [0.5, 0.6) is 0 Å². The van der Waals surface area contributed by atoms with Gasteiger partial charge in [-0.05, 0) is 25.7 Å². The maximum Gasteiger partial charge on any atom is 0.353 e. The monoisotopic (exact) mass is 265 g/mol. The molecule has 0 radical (unpaired) electrons. The number of nitrogens with one attached hydrogen (secondary N) is 1. The minimum absolute atomic E-state index is 0.0228. The first-order valence-electron chi connectivity index (χ1n) is 6.62. The van der Waals surface area contributed by atoms with Crippen LogP contribution in [-0.2, 0) is 0 Å². The van der Waals surface area contributed by atoms with Crippen molar-refractivity contribution in [2.24, 2.45) is 0 Å². The zero-order valence-electron chi connectivity index (χ0n) is 11.3. The molecule has 0 bridgehead atoms. The summed E-state index contributed by atoms with van der Waals surface area (Å²) in [5.74, 6) is 0.714. The Morgan fingerprint density at radius 1 is 1.53 bits per heavy atom. The number of hydrogen-bond donors (Lipinski definition) is 1. The van der Waals surface area contributed by atoms with Crippen molar-refractivity contribution in [3.8, 4) is 0 Å². The van der Waals surface area contributed by atoms with Crippen LogP contribution in [0.15, 0.2) is 6.33 Å². The highest BCUT2D eigenvalue weighted by molar-refractivity contribution is 5.70. The van der Waals surface area contributed by atoms with Crippen LogP contribution in [0.4, 0.5) is 17.3 Å². The van der Waals surface area contributed by atoms with Crippen molar-refractivity contribution in [1.29, 1.82) is 0 Å². The highest BCUT2D eigenvalue weighted by Gasteiger charge is 2.31. The average Bonchev–Trinajstić information content (AvgIpc) is 2.46. The van der Waals surface area contributed by atoms with Crippen molar-refractivity contribution in [2.75, 3.05) is 23.8 Å². The van der Waals surface area contributed by atoms with E-state index < -0.39 is 4.92 Å². The van der Waals surface area contributed by atoms with Crippen molar-refractivity contribution in [3.05, 3.63) is 16.4 Å². The molecule has 1 aromatic rings. The summed E-state index contributed by atoms with van der Waals surface area (Å²) in [6, 6.07) is 0.326. The van der Waals surface area contributed by atoms with Crippen molar-refractivity contribution in [2.45, 2.75) is 38.6 Å². The predicted octanol–water partition coefficient (Wildman–Crippen LogP) is 2.20. The summed E-state index contributed by atoms with van der Waals surface area (Å²) in [6.45, 7) is 2.93. The van der Waals surface area contributed by atoms with E-state index in [1.54, 1.807) is 7.05 Å². The van der Waals surface area contributed by atoms with Crippen molar-refractivity contribution in [1.82, 2.24) is 9.97 Å². The van der Waals surface area contributed by atoms with Crippen molar-refractivity contribution in [3.63, 3.8) is 0 Å². The molecule has 7 heteroatoms. The topological polar surface area (TPSA) is 84.2 Å². The van der Waals surface area contributed by atoms with E-state index in [1.807, 2.05) is 0 Å². The quantitative estimate of drug-likeness (QED) is 0.663. The van der Waals surface area contributed by atoms with E-state index in [-0.39, 0.29) is 11.5 Å². The van der Waals surface area contributed by atoms with E-state index in [1.165, 1.54) is 12.7 Å². The average molecular weight is 265 g/mol. The second-order valence-corrected chi connectivity index (χ2v) is 4.65. The van der Waals surface area contributed by atoms with Gasteiger partial charge in [0.05, 0.1) is 4.92 Å². The molecule has 0 saturated carbocycles. The Morgan fingerprint density at radius 2 is 2.32 bits per heavy atom. The molecule has 0 spiro atoms. The SMILES string of the molecule is CCC1CCCCN1c1ncnc(NC)c1[N+](=O)[O-]. The molecular weight excluding hydrogens is 246 g/mol. The molecule has 1 unspecified atom stereocenters. The molecule has 1 saturated heterocycles. The number of piperidine rings is 1.